The third kappa shape index (κ3) is 4.14. The molecule has 5 heterocycles. The Balaban J connectivity index is 1.28. The number of hydrogen-bond donors (Lipinski definition) is 1. The zero-order valence-corrected chi connectivity index (χ0v) is 18.3. The average molecular weight is 454 g/mol. The smallest absolute Gasteiger partial charge is 0.244 e. The lowest BCUT2D eigenvalue weighted by molar-refractivity contribution is 0.143. The van der Waals surface area contributed by atoms with Crippen LogP contribution < -0.4 is 10.3 Å². The molecule has 33 heavy (non-hydrogen) atoms. The highest BCUT2D eigenvalue weighted by Gasteiger charge is 2.39. The van der Waals surface area contributed by atoms with Crippen molar-refractivity contribution >= 4 is 11.5 Å². The number of anilines is 1. The van der Waals surface area contributed by atoms with Crippen LogP contribution in [-0.2, 0) is 13.6 Å². The van der Waals surface area contributed by atoms with Crippen molar-refractivity contribution in [1.82, 2.24) is 39.9 Å². The van der Waals surface area contributed by atoms with Crippen molar-refractivity contribution in [3.8, 4) is 0 Å². The molecule has 3 aliphatic rings. The summed E-state index contributed by atoms with van der Waals surface area (Å²) >= 11 is 0. The Morgan fingerprint density at radius 1 is 1.18 bits per heavy atom. The number of aromatic nitrogens is 5. The van der Waals surface area contributed by atoms with Crippen LogP contribution in [0, 0.1) is 0 Å². The molecule has 6 rings (SSSR count). The van der Waals surface area contributed by atoms with Crippen LogP contribution in [0.2, 0.25) is 1.41 Å². The van der Waals surface area contributed by atoms with E-state index in [2.05, 4.69) is 15.2 Å². The summed E-state index contributed by atoms with van der Waals surface area (Å²) in [5.74, 6) is 0.488. The molecular formula is C24H31N9. The van der Waals surface area contributed by atoms with Crippen LogP contribution in [0.15, 0.2) is 55.3 Å². The first-order chi connectivity index (χ1) is 19.3. The number of allylic oxidation sites excluding steroid dienone is 1. The molecule has 1 N–H and O–H groups in total. The fourth-order valence-corrected chi connectivity index (χ4v) is 4.21. The van der Waals surface area contributed by atoms with E-state index in [1.807, 2.05) is 35.2 Å². The minimum atomic E-state index is -2.79. The zero-order chi connectivity index (χ0) is 29.4. The number of fused-ring (bicyclic) bond motifs is 1. The summed E-state index contributed by atoms with van der Waals surface area (Å²) in [7, 11) is 1.68. The number of rotatable bonds is 5. The maximum Gasteiger partial charge on any atom is 0.244 e. The van der Waals surface area contributed by atoms with Crippen LogP contribution in [0.4, 0.5) is 5.95 Å². The molecule has 0 radical (unpaired) electrons. The highest BCUT2D eigenvalue weighted by atomic mass is 15.6. The van der Waals surface area contributed by atoms with Gasteiger partial charge in [0.05, 0.1) is 21.5 Å². The van der Waals surface area contributed by atoms with Crippen molar-refractivity contribution < 1.29 is 11.0 Å². The van der Waals surface area contributed by atoms with E-state index in [1.165, 1.54) is 22.0 Å². The first-order valence-corrected chi connectivity index (χ1v) is 11.0. The van der Waals surface area contributed by atoms with Gasteiger partial charge >= 0.3 is 0 Å². The first-order valence-electron chi connectivity index (χ1n) is 15.0. The van der Waals surface area contributed by atoms with Crippen molar-refractivity contribution in [3.63, 3.8) is 0 Å². The minimum absolute atomic E-state index is 0.108. The summed E-state index contributed by atoms with van der Waals surface area (Å²) in [5.41, 5.74) is 2.05. The molecule has 2 fully saturated rings. The summed E-state index contributed by atoms with van der Waals surface area (Å²) in [5, 5.41) is 9.50. The standard InChI is InChI=1S/C24H31N9/c1-29-16-21(13-26-29)20-7-8-22-23(14-27-33(22)17-20)30-9-11-31(12-10-30)24-25-18-32(28-24)15-19-5-3-2-4-6-19/h2-6,13,16-18,22-23,27H,7-12,14-15H2,1H3/i7D,8D2,14D2,22D,23D/hD. The molecule has 9 nitrogen and oxygen atoms in total. The average Bonchev–Trinajstić information content (AvgIpc) is 3.63. The maximum atomic E-state index is 9.49. The number of benzene rings is 1. The third-order valence-corrected chi connectivity index (χ3v) is 5.97. The number of piperazine rings is 1. The highest BCUT2D eigenvalue weighted by molar-refractivity contribution is 5.65. The van der Waals surface area contributed by atoms with E-state index in [0.29, 0.717) is 36.6 Å². The van der Waals surface area contributed by atoms with Gasteiger partial charge < -0.3 is 9.91 Å². The molecule has 0 aliphatic carbocycles. The third-order valence-electron chi connectivity index (χ3n) is 5.97. The van der Waals surface area contributed by atoms with Gasteiger partial charge in [-0.2, -0.15) is 5.10 Å². The topological polar surface area (TPSA) is 70.3 Å². The monoisotopic (exact) mass is 453 g/mol. The van der Waals surface area contributed by atoms with Crippen molar-refractivity contribution in [1.29, 1.82) is 0 Å². The number of hydrogen-bond acceptors (Lipinski definition) is 7. The lowest BCUT2D eigenvalue weighted by Crippen LogP contribution is -2.54. The fourth-order valence-electron chi connectivity index (χ4n) is 4.21. The maximum absolute atomic E-state index is 9.49. The molecule has 3 atom stereocenters. The van der Waals surface area contributed by atoms with Crippen LogP contribution in [0.1, 0.15) is 33.5 Å². The Morgan fingerprint density at radius 3 is 2.82 bits per heavy atom. The predicted octanol–water partition coefficient (Wildman–Crippen LogP) is 1.57. The van der Waals surface area contributed by atoms with Gasteiger partial charge in [0, 0.05) is 70.6 Å². The van der Waals surface area contributed by atoms with Gasteiger partial charge in [-0.15, -0.1) is 5.10 Å². The van der Waals surface area contributed by atoms with Gasteiger partial charge in [-0.25, -0.2) is 15.1 Å². The van der Waals surface area contributed by atoms with E-state index in [1.54, 1.807) is 24.3 Å². The van der Waals surface area contributed by atoms with Crippen LogP contribution in [-0.4, -0.2) is 79.2 Å². The van der Waals surface area contributed by atoms with E-state index in [9.17, 15) is 2.74 Å². The van der Waals surface area contributed by atoms with Crippen molar-refractivity contribution in [2.75, 3.05) is 37.6 Å². The van der Waals surface area contributed by atoms with Crippen LogP contribution in [0.25, 0.3) is 5.57 Å². The van der Waals surface area contributed by atoms with Gasteiger partial charge in [0.25, 0.3) is 0 Å². The Kier molecular flexibility index (Phi) is 3.54. The summed E-state index contributed by atoms with van der Waals surface area (Å²) in [6.07, 6.45) is 1.59. The van der Waals surface area contributed by atoms with E-state index >= 15 is 0 Å². The second-order valence-electron chi connectivity index (χ2n) is 8.23. The van der Waals surface area contributed by atoms with E-state index in [0.717, 1.165) is 10.6 Å². The Morgan fingerprint density at radius 2 is 2.03 bits per heavy atom. The number of aryl methyl sites for hydroxylation is 1. The Bertz CT molecular complexity index is 1450. The van der Waals surface area contributed by atoms with Gasteiger partial charge in [0.2, 0.25) is 5.95 Å². The largest absolute Gasteiger partial charge is 0.337 e. The van der Waals surface area contributed by atoms with Gasteiger partial charge in [0.1, 0.15) is 7.74 Å². The van der Waals surface area contributed by atoms with Crippen molar-refractivity contribution in [2.24, 2.45) is 7.05 Å². The second-order valence-corrected chi connectivity index (χ2v) is 8.23. The summed E-state index contributed by atoms with van der Waals surface area (Å²) in [6.45, 7) is -1.40. The van der Waals surface area contributed by atoms with E-state index < -0.39 is 31.3 Å². The normalized spacial score (nSPS) is 37.5. The van der Waals surface area contributed by atoms with Crippen molar-refractivity contribution in [3.05, 3.63) is 66.4 Å². The summed E-state index contributed by atoms with van der Waals surface area (Å²) < 4.78 is 75.2. The highest BCUT2D eigenvalue weighted by Crippen LogP contribution is 2.32. The lowest BCUT2D eigenvalue weighted by atomic mass is 9.94. The van der Waals surface area contributed by atoms with Gasteiger partial charge in [-0.1, -0.05) is 30.3 Å². The second kappa shape index (κ2) is 8.64. The minimum Gasteiger partial charge on any atom is -0.337 e. The van der Waals surface area contributed by atoms with Crippen LogP contribution in [0.3, 0.4) is 0 Å². The molecule has 9 heteroatoms. The van der Waals surface area contributed by atoms with Crippen molar-refractivity contribution in [2.45, 2.75) is 31.4 Å². The first kappa shape index (κ1) is 13.5. The number of nitrogens with one attached hydrogen (secondary N) is 1. The molecular weight excluding hydrogens is 414 g/mol. The van der Waals surface area contributed by atoms with E-state index in [-0.39, 0.29) is 18.7 Å². The van der Waals surface area contributed by atoms with Gasteiger partial charge in [-0.3, -0.25) is 9.58 Å². The molecule has 1 aromatic carbocycles. The van der Waals surface area contributed by atoms with Crippen LogP contribution >= 0.6 is 0 Å². The molecule has 172 valence electrons. The molecule has 0 amide bonds. The Hall–Kier alpha value is -3.17. The fraction of sp³-hybridized carbons (Fsp3) is 0.458. The van der Waals surface area contributed by atoms with Crippen LogP contribution in [0.5, 0.6) is 0 Å². The number of hydrazine groups is 1. The molecule has 0 saturated carbocycles. The molecule has 0 bridgehead atoms. The Labute approximate surface area is 205 Å². The summed E-state index contributed by atoms with van der Waals surface area (Å²) in [4.78, 5) is 7.75. The van der Waals surface area contributed by atoms with Gasteiger partial charge in [-0.05, 0) is 23.9 Å². The zero-order valence-electron chi connectivity index (χ0n) is 26.3. The molecule has 3 unspecified atom stereocenters. The SMILES string of the molecule is [2H]C1C(c2cnn(C)c2)=CN2N([2H])C([2H])([2H])C([2H])(N3CCN(c4ncn(Cc5ccccc5)n4)CC3)C2([2H])C1([2H])[2H]. The molecule has 2 aromatic heterocycles. The molecule has 3 aliphatic heterocycles. The summed E-state index contributed by atoms with van der Waals surface area (Å²) in [6, 6.07) is 4.64. The molecule has 2 saturated heterocycles. The van der Waals surface area contributed by atoms with Gasteiger partial charge in [0.15, 0.2) is 0 Å². The molecule has 0 spiro atoms. The quantitative estimate of drug-likeness (QED) is 0.629. The van der Waals surface area contributed by atoms with E-state index in [4.69, 9.17) is 8.27 Å². The molecule has 3 aromatic rings. The number of nitrogens with zero attached hydrogens (tertiary/aromatic N) is 8. The predicted molar refractivity (Wildman–Crippen MR) is 127 cm³/mol. The lowest BCUT2D eigenvalue weighted by Gasteiger charge is -2.40.